The lowest BCUT2D eigenvalue weighted by molar-refractivity contribution is 0.627. The summed E-state index contributed by atoms with van der Waals surface area (Å²) in [6.45, 7) is 3.91. The Hall–Kier alpha value is -0.900. The maximum Gasteiger partial charge on any atom is 0.250 e. The van der Waals surface area contributed by atoms with Gasteiger partial charge in [-0.3, -0.25) is 4.79 Å². The van der Waals surface area contributed by atoms with Gasteiger partial charge in [0, 0.05) is 25.4 Å². The summed E-state index contributed by atoms with van der Waals surface area (Å²) in [5.41, 5.74) is 1.16. The first kappa shape index (κ1) is 12.6. The van der Waals surface area contributed by atoms with Crippen molar-refractivity contribution in [2.75, 3.05) is 23.4 Å². The van der Waals surface area contributed by atoms with Crippen LogP contribution in [0.3, 0.4) is 0 Å². The largest absolute Gasteiger partial charge is 0.384 e. The van der Waals surface area contributed by atoms with Gasteiger partial charge in [-0.25, -0.2) is 0 Å². The fourth-order valence-electron chi connectivity index (χ4n) is 2.06. The normalized spacial score (nSPS) is 19.5. The lowest BCUT2D eigenvalue weighted by Gasteiger charge is -2.12. The molecular weight excluding hydrogens is 232 g/mol. The zero-order chi connectivity index (χ0) is 12.1. The predicted octanol–water partition coefficient (Wildman–Crippen LogP) is 2.42. The second-order valence-electron chi connectivity index (χ2n) is 4.56. The molecule has 0 amide bonds. The van der Waals surface area contributed by atoms with E-state index in [4.69, 9.17) is 0 Å². The number of pyridine rings is 1. The quantitative estimate of drug-likeness (QED) is 0.874. The van der Waals surface area contributed by atoms with E-state index in [2.05, 4.69) is 12.2 Å². The molecule has 1 aliphatic rings. The Morgan fingerprint density at radius 2 is 2.41 bits per heavy atom. The molecule has 1 saturated heterocycles. The maximum atomic E-state index is 11.6. The van der Waals surface area contributed by atoms with Crippen molar-refractivity contribution >= 4 is 17.4 Å². The molecule has 0 spiro atoms. The number of anilines is 1. The van der Waals surface area contributed by atoms with Crippen LogP contribution < -0.4 is 10.9 Å². The summed E-state index contributed by atoms with van der Waals surface area (Å²) in [6.07, 6.45) is 4.24. The zero-order valence-electron chi connectivity index (χ0n) is 10.3. The molecule has 0 saturated carbocycles. The smallest absolute Gasteiger partial charge is 0.250 e. The second-order valence-corrected chi connectivity index (χ2v) is 5.71. The first-order chi connectivity index (χ1) is 8.29. The zero-order valence-corrected chi connectivity index (χ0v) is 11.1. The van der Waals surface area contributed by atoms with Crippen molar-refractivity contribution in [2.45, 2.75) is 26.3 Å². The van der Waals surface area contributed by atoms with Gasteiger partial charge in [-0.15, -0.1) is 0 Å². The predicted molar refractivity (Wildman–Crippen MR) is 74.9 cm³/mol. The number of nitrogens with one attached hydrogen (secondary N) is 1. The third-order valence-electron chi connectivity index (χ3n) is 3.07. The van der Waals surface area contributed by atoms with E-state index in [-0.39, 0.29) is 5.56 Å². The van der Waals surface area contributed by atoms with Crippen LogP contribution in [0.5, 0.6) is 0 Å². The Morgan fingerprint density at radius 1 is 1.53 bits per heavy atom. The Bertz CT molecular complexity index is 410. The van der Waals surface area contributed by atoms with E-state index >= 15 is 0 Å². The van der Waals surface area contributed by atoms with Crippen LogP contribution in [-0.4, -0.2) is 22.6 Å². The minimum absolute atomic E-state index is 0.0915. The summed E-state index contributed by atoms with van der Waals surface area (Å²) in [5, 5.41) is 3.44. The SMILES string of the molecule is CCCn1cc(NCC2CCSC2)ccc1=O. The van der Waals surface area contributed by atoms with E-state index in [1.807, 2.05) is 24.0 Å². The highest BCUT2D eigenvalue weighted by Crippen LogP contribution is 2.23. The van der Waals surface area contributed by atoms with Gasteiger partial charge in [0.1, 0.15) is 0 Å². The Kier molecular flexibility index (Phi) is 4.54. The van der Waals surface area contributed by atoms with Crippen molar-refractivity contribution in [3.63, 3.8) is 0 Å². The third-order valence-corrected chi connectivity index (χ3v) is 4.30. The molecule has 0 aromatic carbocycles. The first-order valence-electron chi connectivity index (χ1n) is 6.31. The second kappa shape index (κ2) is 6.15. The highest BCUT2D eigenvalue weighted by Gasteiger charge is 2.14. The van der Waals surface area contributed by atoms with Crippen molar-refractivity contribution in [3.05, 3.63) is 28.7 Å². The van der Waals surface area contributed by atoms with Crippen LogP contribution in [0.1, 0.15) is 19.8 Å². The number of nitrogens with zero attached hydrogens (tertiary/aromatic N) is 1. The van der Waals surface area contributed by atoms with Gasteiger partial charge in [-0.05, 0) is 36.3 Å². The van der Waals surface area contributed by atoms with Gasteiger partial charge < -0.3 is 9.88 Å². The molecule has 1 aromatic rings. The van der Waals surface area contributed by atoms with Gasteiger partial charge >= 0.3 is 0 Å². The van der Waals surface area contributed by atoms with E-state index in [0.717, 1.165) is 31.1 Å². The molecule has 1 N–H and O–H groups in total. The average molecular weight is 252 g/mol. The topological polar surface area (TPSA) is 34.0 Å². The highest BCUT2D eigenvalue weighted by atomic mass is 32.2. The van der Waals surface area contributed by atoms with Crippen LogP contribution in [0.4, 0.5) is 5.69 Å². The van der Waals surface area contributed by atoms with Crippen molar-refractivity contribution in [2.24, 2.45) is 5.92 Å². The van der Waals surface area contributed by atoms with Crippen LogP contribution in [0.25, 0.3) is 0 Å². The summed E-state index contributed by atoms with van der Waals surface area (Å²) < 4.78 is 1.78. The molecule has 0 aliphatic carbocycles. The molecule has 1 aromatic heterocycles. The van der Waals surface area contributed by atoms with Crippen LogP contribution in [-0.2, 0) is 6.54 Å². The van der Waals surface area contributed by atoms with E-state index in [9.17, 15) is 4.79 Å². The lowest BCUT2D eigenvalue weighted by atomic mass is 10.1. The molecule has 1 atom stereocenters. The minimum Gasteiger partial charge on any atom is -0.384 e. The van der Waals surface area contributed by atoms with Crippen LogP contribution >= 0.6 is 11.8 Å². The van der Waals surface area contributed by atoms with Crippen LogP contribution in [0.15, 0.2) is 23.1 Å². The molecule has 0 bridgehead atoms. The monoisotopic (exact) mass is 252 g/mol. The first-order valence-corrected chi connectivity index (χ1v) is 7.47. The molecule has 3 nitrogen and oxygen atoms in total. The highest BCUT2D eigenvalue weighted by molar-refractivity contribution is 7.99. The molecule has 1 fully saturated rings. The number of rotatable bonds is 5. The summed E-state index contributed by atoms with van der Waals surface area (Å²) in [4.78, 5) is 11.6. The lowest BCUT2D eigenvalue weighted by Crippen LogP contribution is -2.20. The molecule has 1 unspecified atom stereocenters. The van der Waals surface area contributed by atoms with Crippen LogP contribution in [0, 0.1) is 5.92 Å². The summed E-state index contributed by atoms with van der Waals surface area (Å²) in [7, 11) is 0. The fraction of sp³-hybridized carbons (Fsp3) is 0.615. The Balaban J connectivity index is 1.95. The molecule has 94 valence electrons. The van der Waals surface area contributed by atoms with E-state index in [1.54, 1.807) is 10.6 Å². The molecule has 4 heteroatoms. The van der Waals surface area contributed by atoms with Crippen molar-refractivity contribution < 1.29 is 0 Å². The molecule has 2 heterocycles. The molecule has 17 heavy (non-hydrogen) atoms. The summed E-state index contributed by atoms with van der Waals surface area (Å²) in [5.74, 6) is 3.34. The van der Waals surface area contributed by atoms with E-state index in [0.29, 0.717) is 0 Å². The Labute approximate surface area is 107 Å². The molecule has 0 radical (unpaired) electrons. The standard InChI is InChI=1S/C13H20N2OS/c1-2-6-15-9-12(3-4-13(15)16)14-8-11-5-7-17-10-11/h3-4,9,11,14H,2,5-8,10H2,1H3. The van der Waals surface area contributed by atoms with Crippen LogP contribution in [0.2, 0.25) is 0 Å². The summed E-state index contributed by atoms with van der Waals surface area (Å²) in [6, 6.07) is 3.54. The molecule has 1 aliphatic heterocycles. The molecule has 2 rings (SSSR count). The maximum absolute atomic E-state index is 11.6. The van der Waals surface area contributed by atoms with Crippen molar-refractivity contribution in [1.29, 1.82) is 0 Å². The van der Waals surface area contributed by atoms with Gasteiger partial charge in [-0.2, -0.15) is 11.8 Å². The summed E-state index contributed by atoms with van der Waals surface area (Å²) >= 11 is 2.04. The van der Waals surface area contributed by atoms with E-state index < -0.39 is 0 Å². The van der Waals surface area contributed by atoms with E-state index in [1.165, 1.54) is 17.9 Å². The number of aryl methyl sites for hydroxylation is 1. The van der Waals surface area contributed by atoms with Gasteiger partial charge in [0.05, 0.1) is 5.69 Å². The van der Waals surface area contributed by atoms with Gasteiger partial charge in [-0.1, -0.05) is 6.92 Å². The van der Waals surface area contributed by atoms with Crippen molar-refractivity contribution in [3.8, 4) is 0 Å². The van der Waals surface area contributed by atoms with Gasteiger partial charge in [0.25, 0.3) is 5.56 Å². The van der Waals surface area contributed by atoms with Crippen molar-refractivity contribution in [1.82, 2.24) is 4.57 Å². The number of hydrogen-bond acceptors (Lipinski definition) is 3. The fourth-order valence-corrected chi connectivity index (χ4v) is 3.34. The van der Waals surface area contributed by atoms with Gasteiger partial charge in [0.15, 0.2) is 0 Å². The Morgan fingerprint density at radius 3 is 3.12 bits per heavy atom. The molecular formula is C13H20N2OS. The number of aromatic nitrogens is 1. The minimum atomic E-state index is 0.0915. The third kappa shape index (κ3) is 3.53. The number of hydrogen-bond donors (Lipinski definition) is 1. The van der Waals surface area contributed by atoms with Gasteiger partial charge in [0.2, 0.25) is 0 Å². The average Bonchev–Trinajstić information content (AvgIpc) is 2.83. The number of thioether (sulfide) groups is 1.